The van der Waals surface area contributed by atoms with Crippen molar-refractivity contribution in [2.24, 2.45) is 0 Å². The van der Waals surface area contributed by atoms with E-state index in [1.54, 1.807) is 6.20 Å². The van der Waals surface area contributed by atoms with Crippen LogP contribution in [0.5, 0.6) is 0 Å². The molecule has 1 N–H and O–H groups in total. The van der Waals surface area contributed by atoms with E-state index in [0.29, 0.717) is 13.1 Å². The molecule has 1 heterocycles. The lowest BCUT2D eigenvalue weighted by molar-refractivity contribution is 0.596. The number of benzene rings is 1. The molecule has 0 atom stereocenters. The van der Waals surface area contributed by atoms with Crippen molar-refractivity contribution >= 4 is 20.6 Å². The predicted octanol–water partition coefficient (Wildman–Crippen LogP) is 1.37. The van der Waals surface area contributed by atoms with E-state index in [1.807, 2.05) is 24.4 Å². The molecule has 0 aliphatic rings. The number of hydrogen-bond acceptors (Lipinski definition) is 4. The third-order valence-electron chi connectivity index (χ3n) is 2.68. The van der Waals surface area contributed by atoms with Crippen molar-refractivity contribution in [3.63, 3.8) is 0 Å². The standard InChI is InChI=1S/C13H16N2O2S/c1-18(16,17)7-6-15-9-11-2-3-13-10-14-5-4-12(13)8-11/h2-5,8,10,15H,6-7,9H2,1H3. The third-order valence-corrected chi connectivity index (χ3v) is 3.63. The fourth-order valence-corrected chi connectivity index (χ4v) is 2.25. The van der Waals surface area contributed by atoms with Crippen molar-refractivity contribution in [1.82, 2.24) is 10.3 Å². The maximum Gasteiger partial charge on any atom is 0.148 e. The Morgan fingerprint density at radius 2 is 2.06 bits per heavy atom. The molecule has 0 spiro atoms. The molecular formula is C13H16N2O2S. The van der Waals surface area contributed by atoms with Crippen LogP contribution >= 0.6 is 0 Å². The van der Waals surface area contributed by atoms with Gasteiger partial charge in [0.1, 0.15) is 9.84 Å². The Hall–Kier alpha value is -1.46. The van der Waals surface area contributed by atoms with Crippen LogP contribution < -0.4 is 5.32 Å². The zero-order valence-corrected chi connectivity index (χ0v) is 11.1. The van der Waals surface area contributed by atoms with Gasteiger partial charge in [0.05, 0.1) is 5.75 Å². The number of nitrogens with one attached hydrogen (secondary N) is 1. The summed E-state index contributed by atoms with van der Waals surface area (Å²) in [5.41, 5.74) is 1.14. The summed E-state index contributed by atoms with van der Waals surface area (Å²) >= 11 is 0. The molecule has 0 unspecified atom stereocenters. The third kappa shape index (κ3) is 3.78. The van der Waals surface area contributed by atoms with Gasteiger partial charge in [-0.1, -0.05) is 12.1 Å². The molecule has 18 heavy (non-hydrogen) atoms. The van der Waals surface area contributed by atoms with Gasteiger partial charge in [-0.3, -0.25) is 4.98 Å². The van der Waals surface area contributed by atoms with Crippen molar-refractivity contribution < 1.29 is 8.42 Å². The normalized spacial score (nSPS) is 11.8. The summed E-state index contributed by atoms with van der Waals surface area (Å²) in [6, 6.07) is 8.10. The zero-order valence-electron chi connectivity index (χ0n) is 10.3. The predicted molar refractivity (Wildman–Crippen MR) is 73.2 cm³/mol. The lowest BCUT2D eigenvalue weighted by Crippen LogP contribution is -2.21. The van der Waals surface area contributed by atoms with E-state index in [-0.39, 0.29) is 5.75 Å². The van der Waals surface area contributed by atoms with E-state index in [0.717, 1.165) is 16.3 Å². The van der Waals surface area contributed by atoms with Crippen LogP contribution in [0, 0.1) is 0 Å². The quantitative estimate of drug-likeness (QED) is 0.829. The Morgan fingerprint density at radius 1 is 1.22 bits per heavy atom. The Labute approximate surface area is 107 Å². The molecule has 2 aromatic rings. The van der Waals surface area contributed by atoms with Gasteiger partial charge >= 0.3 is 0 Å². The van der Waals surface area contributed by atoms with Gasteiger partial charge in [-0.2, -0.15) is 0 Å². The monoisotopic (exact) mass is 264 g/mol. The largest absolute Gasteiger partial charge is 0.312 e. The fourth-order valence-electron chi connectivity index (χ4n) is 1.73. The molecule has 96 valence electrons. The summed E-state index contributed by atoms with van der Waals surface area (Å²) in [7, 11) is -2.88. The van der Waals surface area contributed by atoms with E-state index in [1.165, 1.54) is 6.26 Å². The number of pyridine rings is 1. The van der Waals surface area contributed by atoms with Crippen molar-refractivity contribution in [3.8, 4) is 0 Å². The van der Waals surface area contributed by atoms with Crippen molar-refractivity contribution in [3.05, 3.63) is 42.2 Å². The SMILES string of the molecule is CS(=O)(=O)CCNCc1ccc2cnccc2c1. The number of aromatic nitrogens is 1. The van der Waals surface area contributed by atoms with Crippen LogP contribution in [-0.4, -0.2) is 32.0 Å². The maximum absolute atomic E-state index is 11.0. The van der Waals surface area contributed by atoms with Crippen LogP contribution in [0.15, 0.2) is 36.7 Å². The Kier molecular flexibility index (Phi) is 3.93. The average molecular weight is 264 g/mol. The zero-order chi connectivity index (χ0) is 13.0. The molecule has 0 aliphatic heterocycles. The molecule has 1 aromatic heterocycles. The maximum atomic E-state index is 11.0. The van der Waals surface area contributed by atoms with Crippen LogP contribution in [-0.2, 0) is 16.4 Å². The molecule has 5 heteroatoms. The van der Waals surface area contributed by atoms with E-state index in [9.17, 15) is 8.42 Å². The molecule has 0 radical (unpaired) electrons. The molecular weight excluding hydrogens is 248 g/mol. The first-order chi connectivity index (χ1) is 8.54. The summed E-state index contributed by atoms with van der Waals surface area (Å²) < 4.78 is 21.9. The second kappa shape index (κ2) is 5.46. The first-order valence-corrected chi connectivity index (χ1v) is 7.82. The van der Waals surface area contributed by atoms with Crippen LogP contribution in [0.25, 0.3) is 10.8 Å². The summed E-state index contributed by atoms with van der Waals surface area (Å²) in [6.07, 6.45) is 4.84. The minimum atomic E-state index is -2.88. The number of rotatable bonds is 5. The van der Waals surface area contributed by atoms with Crippen LogP contribution in [0.1, 0.15) is 5.56 Å². The average Bonchev–Trinajstić information content (AvgIpc) is 2.33. The second-order valence-corrected chi connectivity index (χ2v) is 6.62. The van der Waals surface area contributed by atoms with Crippen LogP contribution in [0.3, 0.4) is 0 Å². The molecule has 0 saturated carbocycles. The topological polar surface area (TPSA) is 59.1 Å². The van der Waals surface area contributed by atoms with E-state index in [4.69, 9.17) is 0 Å². The number of fused-ring (bicyclic) bond motifs is 1. The fraction of sp³-hybridized carbons (Fsp3) is 0.308. The number of hydrogen-bond donors (Lipinski definition) is 1. The van der Waals surface area contributed by atoms with Gasteiger partial charge in [0.2, 0.25) is 0 Å². The minimum Gasteiger partial charge on any atom is -0.312 e. The Balaban J connectivity index is 1.96. The molecule has 0 amide bonds. The number of nitrogens with zero attached hydrogens (tertiary/aromatic N) is 1. The molecule has 0 bridgehead atoms. The van der Waals surface area contributed by atoms with Gasteiger partial charge < -0.3 is 5.32 Å². The molecule has 1 aromatic carbocycles. The van der Waals surface area contributed by atoms with Crippen molar-refractivity contribution in [2.75, 3.05) is 18.6 Å². The number of sulfone groups is 1. The molecule has 0 fully saturated rings. The highest BCUT2D eigenvalue weighted by molar-refractivity contribution is 7.90. The smallest absolute Gasteiger partial charge is 0.148 e. The van der Waals surface area contributed by atoms with Gasteiger partial charge in [0.25, 0.3) is 0 Å². The first kappa shape index (κ1) is 13.0. The second-order valence-electron chi connectivity index (χ2n) is 4.36. The summed E-state index contributed by atoms with van der Waals surface area (Å²) in [4.78, 5) is 4.06. The lowest BCUT2D eigenvalue weighted by Gasteiger charge is -2.05. The van der Waals surface area contributed by atoms with Crippen molar-refractivity contribution in [2.45, 2.75) is 6.54 Å². The highest BCUT2D eigenvalue weighted by Crippen LogP contribution is 2.14. The Bertz CT molecular complexity index is 638. The van der Waals surface area contributed by atoms with Gasteiger partial charge in [-0.05, 0) is 23.1 Å². The summed E-state index contributed by atoms with van der Waals surface area (Å²) in [5, 5.41) is 5.38. The summed E-state index contributed by atoms with van der Waals surface area (Å²) in [6.45, 7) is 1.15. The first-order valence-electron chi connectivity index (χ1n) is 5.76. The van der Waals surface area contributed by atoms with Crippen molar-refractivity contribution in [1.29, 1.82) is 0 Å². The van der Waals surface area contributed by atoms with Gasteiger partial charge in [-0.15, -0.1) is 0 Å². The molecule has 0 aliphatic carbocycles. The lowest BCUT2D eigenvalue weighted by atomic mass is 10.1. The van der Waals surface area contributed by atoms with Gasteiger partial charge in [-0.25, -0.2) is 8.42 Å². The van der Waals surface area contributed by atoms with Gasteiger partial charge in [0, 0.05) is 37.1 Å². The van der Waals surface area contributed by atoms with Crippen LogP contribution in [0.4, 0.5) is 0 Å². The van der Waals surface area contributed by atoms with E-state index < -0.39 is 9.84 Å². The molecule has 0 saturated heterocycles. The molecule has 2 rings (SSSR count). The highest BCUT2D eigenvalue weighted by Gasteiger charge is 2.01. The van der Waals surface area contributed by atoms with Gasteiger partial charge in [0.15, 0.2) is 0 Å². The minimum absolute atomic E-state index is 0.171. The summed E-state index contributed by atoms with van der Waals surface area (Å²) in [5.74, 6) is 0.171. The van der Waals surface area contributed by atoms with Crippen LogP contribution in [0.2, 0.25) is 0 Å². The highest BCUT2D eigenvalue weighted by atomic mass is 32.2. The van der Waals surface area contributed by atoms with E-state index in [2.05, 4.69) is 16.4 Å². The molecule has 4 nitrogen and oxygen atoms in total. The Morgan fingerprint density at radius 3 is 2.83 bits per heavy atom. The van der Waals surface area contributed by atoms with E-state index >= 15 is 0 Å².